The van der Waals surface area contributed by atoms with Gasteiger partial charge in [0.05, 0.1) is 27.2 Å². The molecule has 2 amide bonds. The van der Waals surface area contributed by atoms with Crippen molar-refractivity contribution in [2.45, 2.75) is 12.5 Å². The first kappa shape index (κ1) is 19.9. The molecular weight excluding hydrogens is 458 g/mol. The number of aromatic nitrogens is 1. The lowest BCUT2D eigenvalue weighted by atomic mass is 10.0. The Kier molecular flexibility index (Phi) is 6.17. The number of ether oxygens (including phenoxy) is 2. The molecule has 152 valence electrons. The topological polar surface area (TPSA) is 83.7 Å². The van der Waals surface area contributed by atoms with Crippen LogP contribution in [0.2, 0.25) is 0 Å². The van der Waals surface area contributed by atoms with Crippen LogP contribution in [-0.4, -0.2) is 54.2 Å². The van der Waals surface area contributed by atoms with Crippen molar-refractivity contribution in [3.05, 3.63) is 51.8 Å². The highest BCUT2D eigenvalue weighted by atomic mass is 79.9. The van der Waals surface area contributed by atoms with Gasteiger partial charge < -0.3 is 24.7 Å². The van der Waals surface area contributed by atoms with Crippen molar-refractivity contribution in [1.82, 2.24) is 15.2 Å². The second-order valence-corrected chi connectivity index (χ2v) is 9.14. The summed E-state index contributed by atoms with van der Waals surface area (Å²) in [6.07, 6.45) is -0.278. The maximum atomic E-state index is 13.0. The van der Waals surface area contributed by atoms with E-state index < -0.39 is 12.1 Å². The summed E-state index contributed by atoms with van der Waals surface area (Å²) in [7, 11) is 0. The molecule has 3 aromatic rings. The zero-order valence-corrected chi connectivity index (χ0v) is 17.9. The van der Waals surface area contributed by atoms with Gasteiger partial charge in [-0.15, -0.1) is 11.3 Å². The number of halogens is 1. The molecule has 1 fully saturated rings. The van der Waals surface area contributed by atoms with Gasteiger partial charge in [-0.1, -0.05) is 30.3 Å². The standard InChI is InChI=1S/C20H20BrN3O4S/c21-17-11-14-16(29-17)12-18(22-14)28-20(26)23-15(10-13-4-2-1-3-5-13)19(25)24-6-8-27-9-7-24/h1-5,11-12,15,22H,6-10H2,(H,23,26)/t15-/m0/s1. The Hall–Kier alpha value is -2.36. The number of amides is 2. The number of carbonyl (C=O) groups is 2. The fourth-order valence-electron chi connectivity index (χ4n) is 3.25. The summed E-state index contributed by atoms with van der Waals surface area (Å²) in [4.78, 5) is 30.3. The minimum atomic E-state index is -0.715. The fourth-order valence-corrected chi connectivity index (χ4v) is 4.77. The summed E-state index contributed by atoms with van der Waals surface area (Å²) in [6.45, 7) is 2.04. The smallest absolute Gasteiger partial charge is 0.393 e. The Balaban J connectivity index is 1.46. The van der Waals surface area contributed by atoms with Crippen molar-refractivity contribution in [2.24, 2.45) is 0 Å². The lowest BCUT2D eigenvalue weighted by molar-refractivity contribution is -0.137. The minimum Gasteiger partial charge on any atom is -0.393 e. The quantitative estimate of drug-likeness (QED) is 0.588. The van der Waals surface area contributed by atoms with Crippen molar-refractivity contribution in [1.29, 1.82) is 0 Å². The average molecular weight is 478 g/mol. The Bertz CT molecular complexity index is 966. The fraction of sp³-hybridized carbons (Fsp3) is 0.300. The number of hydrogen-bond donors (Lipinski definition) is 2. The number of morpholine rings is 1. The lowest BCUT2D eigenvalue weighted by Crippen LogP contribution is -2.53. The highest BCUT2D eigenvalue weighted by Crippen LogP contribution is 2.32. The maximum Gasteiger partial charge on any atom is 0.414 e. The molecule has 1 atom stereocenters. The lowest BCUT2D eigenvalue weighted by Gasteiger charge is -2.30. The summed E-state index contributed by atoms with van der Waals surface area (Å²) in [6, 6.07) is 12.6. The van der Waals surface area contributed by atoms with Crippen LogP contribution in [-0.2, 0) is 16.0 Å². The Morgan fingerprint density at radius 1 is 1.24 bits per heavy atom. The van der Waals surface area contributed by atoms with Gasteiger partial charge in [0.15, 0.2) is 0 Å². The third kappa shape index (κ3) is 4.98. The number of rotatable bonds is 5. The van der Waals surface area contributed by atoms with Crippen molar-refractivity contribution in [3.8, 4) is 5.88 Å². The first-order valence-corrected chi connectivity index (χ1v) is 10.9. The number of aromatic amines is 1. The van der Waals surface area contributed by atoms with Gasteiger partial charge in [-0.05, 0) is 27.6 Å². The monoisotopic (exact) mass is 477 g/mol. The second kappa shape index (κ2) is 8.98. The minimum absolute atomic E-state index is 0.134. The second-order valence-electron chi connectivity index (χ2n) is 6.68. The molecule has 4 rings (SSSR count). The molecule has 0 radical (unpaired) electrons. The highest BCUT2D eigenvalue weighted by Gasteiger charge is 2.28. The number of thiophene rings is 1. The molecule has 1 saturated heterocycles. The van der Waals surface area contributed by atoms with Crippen LogP contribution in [0.25, 0.3) is 10.2 Å². The number of benzene rings is 1. The predicted molar refractivity (Wildman–Crippen MR) is 114 cm³/mol. The van der Waals surface area contributed by atoms with Crippen LogP contribution in [0, 0.1) is 0 Å². The van der Waals surface area contributed by atoms with E-state index in [0.717, 1.165) is 19.6 Å². The summed E-state index contributed by atoms with van der Waals surface area (Å²) < 4.78 is 12.7. The van der Waals surface area contributed by atoms with E-state index in [9.17, 15) is 9.59 Å². The third-order valence-corrected chi connectivity index (χ3v) is 6.23. The van der Waals surface area contributed by atoms with Crippen molar-refractivity contribution < 1.29 is 19.1 Å². The van der Waals surface area contributed by atoms with Gasteiger partial charge in [0.1, 0.15) is 6.04 Å². The molecule has 3 heterocycles. The molecule has 1 aliphatic rings. The van der Waals surface area contributed by atoms with Crippen LogP contribution in [0.3, 0.4) is 0 Å². The molecule has 7 nitrogen and oxygen atoms in total. The van der Waals surface area contributed by atoms with Gasteiger partial charge in [0.2, 0.25) is 11.8 Å². The van der Waals surface area contributed by atoms with E-state index in [1.54, 1.807) is 22.3 Å². The zero-order valence-electron chi connectivity index (χ0n) is 15.5. The Morgan fingerprint density at radius 2 is 2.00 bits per heavy atom. The average Bonchev–Trinajstić information content (AvgIpc) is 3.24. The molecule has 0 unspecified atom stereocenters. The molecule has 9 heteroatoms. The highest BCUT2D eigenvalue weighted by molar-refractivity contribution is 9.11. The van der Waals surface area contributed by atoms with E-state index >= 15 is 0 Å². The first-order chi connectivity index (χ1) is 14.1. The van der Waals surface area contributed by atoms with Crippen molar-refractivity contribution in [3.63, 3.8) is 0 Å². The van der Waals surface area contributed by atoms with Crippen molar-refractivity contribution in [2.75, 3.05) is 26.3 Å². The number of nitrogens with one attached hydrogen (secondary N) is 2. The third-order valence-electron chi connectivity index (χ3n) is 4.65. The van der Waals surface area contributed by atoms with Gasteiger partial charge >= 0.3 is 6.09 Å². The van der Waals surface area contributed by atoms with Crippen LogP contribution in [0.15, 0.2) is 46.3 Å². The summed E-state index contributed by atoms with van der Waals surface area (Å²) in [5.41, 5.74) is 1.85. The van der Waals surface area contributed by atoms with Crippen LogP contribution in [0.5, 0.6) is 5.88 Å². The number of carbonyl (C=O) groups excluding carboxylic acids is 2. The molecule has 0 aliphatic carbocycles. The molecule has 2 N–H and O–H groups in total. The number of nitrogens with zero attached hydrogens (tertiary/aromatic N) is 1. The zero-order chi connectivity index (χ0) is 20.2. The van der Waals surface area contributed by atoms with Crippen LogP contribution >= 0.6 is 27.3 Å². The normalized spacial score (nSPS) is 15.3. The summed E-state index contributed by atoms with van der Waals surface area (Å²) >= 11 is 4.97. The van der Waals surface area contributed by atoms with Crippen LogP contribution in [0.4, 0.5) is 4.79 Å². The van der Waals surface area contributed by atoms with Gasteiger partial charge in [-0.3, -0.25) is 4.79 Å². The van der Waals surface area contributed by atoms with E-state index in [1.807, 2.05) is 36.4 Å². The molecule has 0 saturated carbocycles. The molecule has 0 bridgehead atoms. The molecule has 1 aromatic carbocycles. The Morgan fingerprint density at radius 3 is 2.72 bits per heavy atom. The van der Waals surface area contributed by atoms with E-state index in [1.165, 1.54) is 0 Å². The van der Waals surface area contributed by atoms with Gasteiger partial charge in [-0.2, -0.15) is 0 Å². The van der Waals surface area contributed by atoms with Crippen LogP contribution in [0.1, 0.15) is 5.56 Å². The number of hydrogen-bond acceptors (Lipinski definition) is 5. The van der Waals surface area contributed by atoms with E-state index in [4.69, 9.17) is 9.47 Å². The van der Waals surface area contributed by atoms with E-state index in [0.29, 0.717) is 38.6 Å². The SMILES string of the molecule is O=C(N[C@@H](Cc1ccccc1)C(=O)N1CCOCC1)Oc1cc2sc(Br)cc2[nH]1. The first-order valence-electron chi connectivity index (χ1n) is 9.25. The van der Waals surface area contributed by atoms with Gasteiger partial charge in [-0.25, -0.2) is 4.79 Å². The molecular formula is C20H20BrN3O4S. The van der Waals surface area contributed by atoms with Crippen LogP contribution < -0.4 is 10.1 Å². The molecule has 2 aromatic heterocycles. The Labute approximate surface area is 180 Å². The molecule has 1 aliphatic heterocycles. The van der Waals surface area contributed by atoms with E-state index in [2.05, 4.69) is 26.2 Å². The molecule has 0 spiro atoms. The van der Waals surface area contributed by atoms with Gasteiger partial charge in [0.25, 0.3) is 0 Å². The summed E-state index contributed by atoms with van der Waals surface area (Å²) in [5, 5.41) is 2.74. The summed E-state index contributed by atoms with van der Waals surface area (Å²) in [5.74, 6) is 0.207. The largest absolute Gasteiger partial charge is 0.414 e. The number of fused-ring (bicyclic) bond motifs is 1. The van der Waals surface area contributed by atoms with Gasteiger partial charge in [0, 0.05) is 25.6 Å². The van der Waals surface area contributed by atoms with E-state index in [-0.39, 0.29) is 5.91 Å². The molecule has 29 heavy (non-hydrogen) atoms. The predicted octanol–water partition coefficient (Wildman–Crippen LogP) is 3.55. The van der Waals surface area contributed by atoms with Crippen molar-refractivity contribution >= 4 is 49.5 Å². The number of H-pyrrole nitrogens is 1. The maximum absolute atomic E-state index is 13.0.